The van der Waals surface area contributed by atoms with Gasteiger partial charge in [-0.3, -0.25) is 10.2 Å². The number of anilines is 2. The van der Waals surface area contributed by atoms with Crippen molar-refractivity contribution in [2.24, 2.45) is 5.41 Å². The number of ether oxygens (including phenoxy) is 4. The van der Waals surface area contributed by atoms with E-state index in [0.717, 1.165) is 18.2 Å². The second-order valence-corrected chi connectivity index (χ2v) is 18.4. The number of nitrogens with zero attached hydrogens (tertiary/aromatic N) is 5. The molecule has 0 saturated carbocycles. The average molecular weight is 861 g/mol. The van der Waals surface area contributed by atoms with Crippen molar-refractivity contribution < 1.29 is 55.6 Å². The maximum atomic E-state index is 17.5. The Kier molecular flexibility index (Phi) is 11.3. The molecule has 3 aliphatic rings. The van der Waals surface area contributed by atoms with Crippen LogP contribution in [0.1, 0.15) is 78.4 Å². The third kappa shape index (κ3) is 8.46. The Hall–Kier alpha value is -5.06. The Morgan fingerprint density at radius 2 is 1.68 bits per heavy atom. The van der Waals surface area contributed by atoms with E-state index >= 15 is 22.0 Å². The van der Waals surface area contributed by atoms with Crippen molar-refractivity contribution in [1.29, 1.82) is 5.26 Å². The molecule has 2 N–H and O–H groups in total. The van der Waals surface area contributed by atoms with Crippen molar-refractivity contribution in [3.05, 3.63) is 41.0 Å². The van der Waals surface area contributed by atoms with Crippen LogP contribution in [0.5, 0.6) is 6.01 Å². The van der Waals surface area contributed by atoms with E-state index in [-0.39, 0.29) is 58.6 Å². The molecule has 2 amide bonds. The smallest absolute Gasteiger partial charge is 0.417 e. The van der Waals surface area contributed by atoms with Gasteiger partial charge in [-0.1, -0.05) is 6.07 Å². The zero-order valence-corrected chi connectivity index (χ0v) is 34.7. The van der Waals surface area contributed by atoms with Gasteiger partial charge in [0.25, 0.3) is 0 Å². The molecule has 13 nitrogen and oxygen atoms in total. The van der Waals surface area contributed by atoms with Crippen molar-refractivity contribution >= 4 is 55.3 Å². The second kappa shape index (κ2) is 15.8. The summed E-state index contributed by atoms with van der Waals surface area (Å²) in [4.78, 5) is 38.2. The quantitative estimate of drug-likeness (QED) is 0.171. The van der Waals surface area contributed by atoms with Gasteiger partial charge in [0.2, 0.25) is 0 Å². The van der Waals surface area contributed by atoms with Crippen molar-refractivity contribution in [2.75, 3.05) is 49.7 Å². The summed E-state index contributed by atoms with van der Waals surface area (Å²) in [5, 5.41) is 22.1. The van der Waals surface area contributed by atoms with Crippen LogP contribution in [0.4, 0.5) is 42.4 Å². The molecular weight excluding hydrogens is 816 g/mol. The minimum Gasteiger partial charge on any atom is -0.463 e. The molecule has 0 aliphatic carbocycles. The Morgan fingerprint density at radius 3 is 2.27 bits per heavy atom. The lowest BCUT2D eigenvalue weighted by Crippen LogP contribution is -2.57. The largest absolute Gasteiger partial charge is 0.463 e. The maximum Gasteiger partial charge on any atom is 0.417 e. The zero-order valence-electron chi connectivity index (χ0n) is 33.9. The van der Waals surface area contributed by atoms with Crippen molar-refractivity contribution in [3.8, 4) is 23.2 Å². The highest BCUT2D eigenvalue weighted by Gasteiger charge is 2.46. The van der Waals surface area contributed by atoms with Crippen LogP contribution >= 0.6 is 11.3 Å². The van der Waals surface area contributed by atoms with E-state index in [4.69, 9.17) is 18.9 Å². The molecule has 3 fully saturated rings. The summed E-state index contributed by atoms with van der Waals surface area (Å²) in [6, 6.07) is 3.21. The molecule has 3 aliphatic heterocycles. The van der Waals surface area contributed by atoms with Crippen LogP contribution in [0.3, 0.4) is 0 Å². The fourth-order valence-corrected chi connectivity index (χ4v) is 9.08. The standard InChI is InChI=1S/C41H45F5N6O7S/c1-38(2,3)58-36(54)50-34-25(16-47)28-23(9-10-27(42)32(28)60-34)29-26(41(44,45)46)15-24-31(30(29)43)48-35(57-20-40(19-53)11-13-56-14-12-40)49-33(24)51-17-21-7-8-22(18-51)52(21)37(55)59-39(4,5)6/h9-10,15,21-22,53H,7-8,11-14,17-20H2,1-6H3,(H,50,54). The Balaban J connectivity index is 1.41. The number of carbonyl (C=O) groups is 2. The molecule has 0 spiro atoms. The Labute approximate surface area is 346 Å². The third-order valence-corrected chi connectivity index (χ3v) is 11.9. The second-order valence-electron chi connectivity index (χ2n) is 17.4. The number of carbonyl (C=O) groups excluding carboxylic acids is 2. The number of aliphatic hydroxyl groups is 1. The van der Waals surface area contributed by atoms with Crippen molar-refractivity contribution in [3.63, 3.8) is 0 Å². The Bertz CT molecular complexity index is 2370. The first-order chi connectivity index (χ1) is 28.1. The van der Waals surface area contributed by atoms with E-state index < -0.39 is 86.5 Å². The van der Waals surface area contributed by atoms with Gasteiger partial charge in [0.05, 0.1) is 41.1 Å². The normalized spacial score (nSPS) is 19.4. The van der Waals surface area contributed by atoms with E-state index in [2.05, 4.69) is 15.3 Å². The first-order valence-corrected chi connectivity index (χ1v) is 20.3. The van der Waals surface area contributed by atoms with Gasteiger partial charge in [0.1, 0.15) is 39.4 Å². The van der Waals surface area contributed by atoms with E-state index in [1.54, 1.807) is 51.3 Å². The Morgan fingerprint density at radius 1 is 1.03 bits per heavy atom. The van der Waals surface area contributed by atoms with E-state index in [0.29, 0.717) is 50.2 Å². The highest BCUT2D eigenvalue weighted by molar-refractivity contribution is 7.23. The summed E-state index contributed by atoms with van der Waals surface area (Å²) < 4.78 is 101. The molecule has 2 unspecified atom stereocenters. The fourth-order valence-electron chi connectivity index (χ4n) is 8.01. The molecule has 2 bridgehead atoms. The van der Waals surface area contributed by atoms with Crippen LogP contribution < -0.4 is 15.0 Å². The van der Waals surface area contributed by atoms with E-state index in [1.165, 1.54) is 0 Å². The van der Waals surface area contributed by atoms with Crippen LogP contribution in [-0.4, -0.2) is 95.0 Å². The number of fused-ring (bicyclic) bond motifs is 4. The summed E-state index contributed by atoms with van der Waals surface area (Å²) in [7, 11) is 0. The van der Waals surface area contributed by atoms with Crippen LogP contribution in [0.2, 0.25) is 0 Å². The maximum absolute atomic E-state index is 17.5. The number of aliphatic hydroxyl groups excluding tert-OH is 1. The lowest BCUT2D eigenvalue weighted by atomic mass is 9.82. The minimum atomic E-state index is -5.21. The van der Waals surface area contributed by atoms with Gasteiger partial charge in [0, 0.05) is 48.1 Å². The average Bonchev–Trinajstić information content (AvgIpc) is 3.66. The number of benzene rings is 2. The predicted octanol–water partition coefficient (Wildman–Crippen LogP) is 8.78. The molecule has 7 rings (SSSR count). The van der Waals surface area contributed by atoms with Crippen molar-refractivity contribution in [2.45, 2.75) is 96.7 Å². The number of alkyl halides is 3. The highest BCUT2D eigenvalue weighted by atomic mass is 32.1. The van der Waals surface area contributed by atoms with Crippen molar-refractivity contribution in [1.82, 2.24) is 14.9 Å². The number of rotatable bonds is 7. The molecule has 2 aromatic carbocycles. The number of nitriles is 1. The van der Waals surface area contributed by atoms with Gasteiger partial charge < -0.3 is 29.0 Å². The van der Waals surface area contributed by atoms with Gasteiger partial charge >= 0.3 is 24.4 Å². The number of halogens is 5. The lowest BCUT2D eigenvalue weighted by Gasteiger charge is -2.42. The van der Waals surface area contributed by atoms with Gasteiger partial charge in [-0.25, -0.2) is 18.4 Å². The van der Waals surface area contributed by atoms with E-state index in [1.807, 2.05) is 6.07 Å². The van der Waals surface area contributed by atoms with Gasteiger partial charge in [-0.2, -0.15) is 28.4 Å². The van der Waals surface area contributed by atoms with Gasteiger partial charge in [-0.15, -0.1) is 11.3 Å². The fraction of sp³-hybridized carbons (Fsp3) is 0.537. The molecule has 4 aromatic rings. The lowest BCUT2D eigenvalue weighted by molar-refractivity contribution is -0.137. The zero-order chi connectivity index (χ0) is 43.5. The first-order valence-electron chi connectivity index (χ1n) is 19.5. The van der Waals surface area contributed by atoms with Gasteiger partial charge in [0.15, 0.2) is 5.82 Å². The topological polar surface area (TPSA) is 159 Å². The van der Waals surface area contributed by atoms with Crippen LogP contribution in [0.25, 0.3) is 32.1 Å². The minimum absolute atomic E-state index is 0.0712. The molecule has 3 saturated heterocycles. The van der Waals surface area contributed by atoms with Crippen LogP contribution in [-0.2, 0) is 20.4 Å². The molecule has 322 valence electrons. The summed E-state index contributed by atoms with van der Waals surface area (Å²) in [6.45, 7) is 10.6. The number of amides is 2. The monoisotopic (exact) mass is 860 g/mol. The molecule has 2 aromatic heterocycles. The molecule has 5 heterocycles. The third-order valence-electron chi connectivity index (χ3n) is 10.8. The number of aromatic nitrogens is 2. The molecule has 19 heteroatoms. The summed E-state index contributed by atoms with van der Waals surface area (Å²) in [5.74, 6) is -2.44. The number of hydrogen-bond donors (Lipinski definition) is 2. The molecule has 0 radical (unpaired) electrons. The summed E-state index contributed by atoms with van der Waals surface area (Å²) in [6.07, 6.45) is -4.71. The van der Waals surface area contributed by atoms with Gasteiger partial charge in [-0.05, 0) is 84.9 Å². The van der Waals surface area contributed by atoms with Crippen LogP contribution in [0.15, 0.2) is 18.2 Å². The number of nitrogens with one attached hydrogen (secondary N) is 1. The molecule has 2 atom stereocenters. The number of hydrogen-bond acceptors (Lipinski definition) is 12. The van der Waals surface area contributed by atoms with E-state index in [9.17, 15) is 20.0 Å². The van der Waals surface area contributed by atoms with Crippen LogP contribution in [0, 0.1) is 28.4 Å². The number of piperazine rings is 1. The predicted molar refractivity (Wildman–Crippen MR) is 212 cm³/mol. The first kappa shape index (κ1) is 43.0. The summed E-state index contributed by atoms with van der Waals surface area (Å²) >= 11 is 0.586. The number of thiophene rings is 1. The SMILES string of the molecule is CC(C)(C)OC(=O)Nc1sc2c(F)ccc(-c3c(C(F)(F)F)cc4c(N5CC6CCC(C5)N6C(=O)OC(C)(C)C)nc(OCC5(CO)CCOCC5)nc4c3F)c2c1C#N. The highest BCUT2D eigenvalue weighted by Crippen LogP contribution is 2.49. The summed E-state index contributed by atoms with van der Waals surface area (Å²) in [5.41, 5.74) is -6.38. The molecule has 60 heavy (non-hydrogen) atoms. The molecular formula is C41H45F5N6O7S.